The van der Waals surface area contributed by atoms with Crippen molar-refractivity contribution in [3.8, 4) is 0 Å². The van der Waals surface area contributed by atoms with Crippen LogP contribution in [0.4, 0.5) is 5.69 Å². The Morgan fingerprint density at radius 1 is 0.912 bits per heavy atom. The van der Waals surface area contributed by atoms with Crippen LogP contribution in [0.2, 0.25) is 0 Å². The van der Waals surface area contributed by atoms with E-state index in [9.17, 15) is 9.59 Å². The van der Waals surface area contributed by atoms with Crippen molar-refractivity contribution >= 4 is 17.5 Å². The summed E-state index contributed by atoms with van der Waals surface area (Å²) in [5.41, 5.74) is 4.60. The Hall–Kier alpha value is -3.40. The molecule has 176 valence electrons. The number of aryl methyl sites for hydroxylation is 1. The smallest absolute Gasteiger partial charge is 0.254 e. The molecule has 1 aliphatic heterocycles. The average Bonchev–Trinajstić information content (AvgIpc) is 2.83. The summed E-state index contributed by atoms with van der Waals surface area (Å²) in [7, 11) is 0. The summed E-state index contributed by atoms with van der Waals surface area (Å²) in [6, 6.07) is 25.4. The van der Waals surface area contributed by atoms with E-state index in [-0.39, 0.29) is 29.2 Å². The molecule has 3 aromatic carbocycles. The molecule has 1 saturated heterocycles. The van der Waals surface area contributed by atoms with Gasteiger partial charge in [0.25, 0.3) is 5.91 Å². The van der Waals surface area contributed by atoms with Crippen molar-refractivity contribution in [2.24, 2.45) is 5.92 Å². The zero-order chi connectivity index (χ0) is 24.3. The van der Waals surface area contributed by atoms with E-state index in [4.69, 9.17) is 0 Å². The lowest BCUT2D eigenvalue weighted by molar-refractivity contribution is -0.123. The van der Waals surface area contributed by atoms with Crippen LogP contribution in [-0.4, -0.2) is 23.3 Å². The number of likely N-dealkylation sites (tertiary alicyclic amines) is 1. The van der Waals surface area contributed by atoms with Crippen molar-refractivity contribution < 1.29 is 9.59 Å². The molecule has 0 spiro atoms. The maximum atomic E-state index is 13.7. The van der Waals surface area contributed by atoms with Gasteiger partial charge in [-0.15, -0.1) is 0 Å². The Kier molecular flexibility index (Phi) is 6.87. The molecule has 0 bridgehead atoms. The SMILES string of the molecule is Cc1ccccc1C(=O)N1CCCC(C(=O)Nc2cccc(C(C)(C)C)c2)C1c1ccccc1. The largest absolute Gasteiger partial charge is 0.331 e. The first kappa shape index (κ1) is 23.7. The van der Waals surface area contributed by atoms with Crippen LogP contribution in [0.1, 0.15) is 66.7 Å². The standard InChI is InChI=1S/C30H34N2O2/c1-21-12-8-9-17-25(21)29(34)32-19-11-18-26(27(32)22-13-6-5-7-14-22)28(33)31-24-16-10-15-23(20-24)30(2,3)4/h5-10,12-17,20,26-27H,11,18-19H2,1-4H3,(H,31,33). The summed E-state index contributed by atoms with van der Waals surface area (Å²) in [6.07, 6.45) is 1.53. The number of rotatable bonds is 4. The third-order valence-electron chi connectivity index (χ3n) is 6.74. The Balaban J connectivity index is 1.66. The second-order valence-corrected chi connectivity index (χ2v) is 10.2. The van der Waals surface area contributed by atoms with E-state index in [1.165, 1.54) is 5.56 Å². The Bertz CT molecular complexity index is 1160. The molecule has 1 fully saturated rings. The first-order valence-corrected chi connectivity index (χ1v) is 12.1. The normalized spacial score (nSPS) is 18.4. The molecule has 0 aromatic heterocycles. The van der Waals surface area contributed by atoms with Crippen molar-refractivity contribution in [2.75, 3.05) is 11.9 Å². The number of nitrogens with zero attached hydrogens (tertiary/aromatic N) is 1. The van der Waals surface area contributed by atoms with Crippen LogP contribution >= 0.6 is 0 Å². The summed E-state index contributed by atoms with van der Waals surface area (Å²) in [6.45, 7) is 9.08. The lowest BCUT2D eigenvalue weighted by atomic mass is 9.83. The van der Waals surface area contributed by atoms with E-state index in [1.54, 1.807) is 0 Å². The van der Waals surface area contributed by atoms with Gasteiger partial charge in [0, 0.05) is 17.8 Å². The summed E-state index contributed by atoms with van der Waals surface area (Å²) in [5, 5.41) is 3.16. The van der Waals surface area contributed by atoms with Crippen LogP contribution in [0.25, 0.3) is 0 Å². The molecule has 1 heterocycles. The van der Waals surface area contributed by atoms with Crippen LogP contribution in [0, 0.1) is 12.8 Å². The van der Waals surface area contributed by atoms with Gasteiger partial charge >= 0.3 is 0 Å². The van der Waals surface area contributed by atoms with Gasteiger partial charge in [0.15, 0.2) is 0 Å². The van der Waals surface area contributed by atoms with Gasteiger partial charge in [-0.2, -0.15) is 0 Å². The van der Waals surface area contributed by atoms with Gasteiger partial charge in [-0.25, -0.2) is 0 Å². The number of anilines is 1. The van der Waals surface area contributed by atoms with Gasteiger partial charge in [-0.1, -0.05) is 81.4 Å². The third kappa shape index (κ3) is 5.06. The average molecular weight is 455 g/mol. The minimum Gasteiger partial charge on any atom is -0.331 e. The highest BCUT2D eigenvalue weighted by atomic mass is 16.2. The second-order valence-electron chi connectivity index (χ2n) is 10.2. The van der Waals surface area contributed by atoms with Crippen LogP contribution in [0.3, 0.4) is 0 Å². The molecule has 2 unspecified atom stereocenters. The van der Waals surface area contributed by atoms with E-state index in [1.807, 2.05) is 78.6 Å². The quantitative estimate of drug-likeness (QED) is 0.487. The zero-order valence-electron chi connectivity index (χ0n) is 20.5. The van der Waals surface area contributed by atoms with E-state index < -0.39 is 0 Å². The maximum Gasteiger partial charge on any atom is 0.254 e. The highest BCUT2D eigenvalue weighted by Gasteiger charge is 2.40. The fourth-order valence-electron chi connectivity index (χ4n) is 4.83. The fourth-order valence-corrected chi connectivity index (χ4v) is 4.83. The number of hydrogen-bond acceptors (Lipinski definition) is 2. The van der Waals surface area contributed by atoms with Crippen molar-refractivity contribution in [3.05, 3.63) is 101 Å². The number of hydrogen-bond donors (Lipinski definition) is 1. The lowest BCUT2D eigenvalue weighted by Gasteiger charge is -2.41. The molecule has 0 aliphatic carbocycles. The van der Waals surface area contributed by atoms with Crippen molar-refractivity contribution in [2.45, 2.75) is 52.0 Å². The highest BCUT2D eigenvalue weighted by molar-refractivity contribution is 5.98. The Morgan fingerprint density at radius 3 is 2.32 bits per heavy atom. The lowest BCUT2D eigenvalue weighted by Crippen LogP contribution is -2.46. The van der Waals surface area contributed by atoms with Gasteiger partial charge in [0.1, 0.15) is 0 Å². The van der Waals surface area contributed by atoms with Gasteiger partial charge in [-0.3, -0.25) is 9.59 Å². The third-order valence-corrected chi connectivity index (χ3v) is 6.74. The molecule has 2 atom stereocenters. The first-order chi connectivity index (χ1) is 16.3. The van der Waals surface area contributed by atoms with Gasteiger partial charge in [0.2, 0.25) is 5.91 Å². The van der Waals surface area contributed by atoms with Crippen LogP contribution in [0.5, 0.6) is 0 Å². The summed E-state index contributed by atoms with van der Waals surface area (Å²) >= 11 is 0. The summed E-state index contributed by atoms with van der Waals surface area (Å²) in [5.74, 6) is -0.385. The number of nitrogens with one attached hydrogen (secondary N) is 1. The number of carbonyl (C=O) groups is 2. The molecule has 4 rings (SSSR count). The number of carbonyl (C=O) groups excluding carboxylic acids is 2. The van der Waals surface area contributed by atoms with E-state index >= 15 is 0 Å². The van der Waals surface area contributed by atoms with Crippen LogP contribution in [0.15, 0.2) is 78.9 Å². The predicted octanol–water partition coefficient (Wildman–Crippen LogP) is 6.52. The number of amides is 2. The molecule has 4 nitrogen and oxygen atoms in total. The van der Waals surface area contributed by atoms with Crippen molar-refractivity contribution in [1.29, 1.82) is 0 Å². The van der Waals surface area contributed by atoms with Gasteiger partial charge < -0.3 is 10.2 Å². The second kappa shape index (κ2) is 9.84. The van der Waals surface area contributed by atoms with Crippen molar-refractivity contribution in [1.82, 2.24) is 4.90 Å². The van der Waals surface area contributed by atoms with Crippen LogP contribution < -0.4 is 5.32 Å². The molecular weight excluding hydrogens is 420 g/mol. The van der Waals surface area contributed by atoms with E-state index in [0.717, 1.165) is 29.7 Å². The van der Waals surface area contributed by atoms with Gasteiger partial charge in [-0.05, 0) is 60.1 Å². The zero-order valence-corrected chi connectivity index (χ0v) is 20.5. The predicted molar refractivity (Wildman–Crippen MR) is 138 cm³/mol. The topological polar surface area (TPSA) is 49.4 Å². The molecular formula is C30H34N2O2. The molecule has 3 aromatic rings. The molecule has 2 amide bonds. The van der Waals surface area contributed by atoms with E-state index in [0.29, 0.717) is 12.1 Å². The van der Waals surface area contributed by atoms with Crippen molar-refractivity contribution in [3.63, 3.8) is 0 Å². The first-order valence-electron chi connectivity index (χ1n) is 12.1. The summed E-state index contributed by atoms with van der Waals surface area (Å²) < 4.78 is 0. The summed E-state index contributed by atoms with van der Waals surface area (Å²) in [4.78, 5) is 29.2. The molecule has 0 radical (unpaired) electrons. The fraction of sp³-hybridized carbons (Fsp3) is 0.333. The number of benzene rings is 3. The molecule has 0 saturated carbocycles. The molecule has 4 heteroatoms. The highest BCUT2D eigenvalue weighted by Crippen LogP contribution is 2.38. The molecule has 1 N–H and O–H groups in total. The maximum absolute atomic E-state index is 13.7. The molecule has 1 aliphatic rings. The minimum absolute atomic E-state index is 0.00505. The minimum atomic E-state index is -0.331. The Labute approximate surface area is 203 Å². The molecule has 34 heavy (non-hydrogen) atoms. The monoisotopic (exact) mass is 454 g/mol. The van der Waals surface area contributed by atoms with Crippen LogP contribution in [-0.2, 0) is 10.2 Å². The Morgan fingerprint density at radius 2 is 1.62 bits per heavy atom. The van der Waals surface area contributed by atoms with Gasteiger partial charge in [0.05, 0.1) is 12.0 Å². The van der Waals surface area contributed by atoms with E-state index in [2.05, 4.69) is 38.2 Å². The number of piperidine rings is 1.